The molecule has 1 aromatic carbocycles. The van der Waals surface area contributed by atoms with E-state index in [9.17, 15) is 14.4 Å². The van der Waals surface area contributed by atoms with Crippen molar-refractivity contribution in [3.63, 3.8) is 0 Å². The largest absolute Gasteiger partial charge is 0.362 e. The topological polar surface area (TPSA) is 97.5 Å². The van der Waals surface area contributed by atoms with Gasteiger partial charge < -0.3 is 19.1 Å². The average Bonchev–Trinajstić information content (AvgIpc) is 2.93. The zero-order valence-electron chi connectivity index (χ0n) is 13.8. The van der Waals surface area contributed by atoms with E-state index in [2.05, 4.69) is 9.97 Å². The first-order valence-electron chi connectivity index (χ1n) is 7.54. The summed E-state index contributed by atoms with van der Waals surface area (Å²) in [6, 6.07) is 13.1. The van der Waals surface area contributed by atoms with Gasteiger partial charge in [-0.3, -0.25) is 9.55 Å². The molecule has 0 aliphatic heterocycles. The lowest BCUT2D eigenvalue weighted by Gasteiger charge is -2.16. The van der Waals surface area contributed by atoms with Crippen molar-refractivity contribution in [2.24, 2.45) is 7.05 Å². The summed E-state index contributed by atoms with van der Waals surface area (Å²) in [5.41, 5.74) is 3.05. The van der Waals surface area contributed by atoms with Crippen LogP contribution >= 0.6 is 7.60 Å². The molecule has 3 rings (SSSR count). The molecule has 2 aromatic heterocycles. The summed E-state index contributed by atoms with van der Waals surface area (Å²) in [5.74, 6) is -1.27. The number of rotatable bonds is 5. The number of methoxy groups -OCH3 is 1. The zero-order valence-corrected chi connectivity index (χ0v) is 14.7. The molecule has 2 heterocycles. The Morgan fingerprint density at radius 1 is 1.08 bits per heavy atom. The molecule has 1 atom stereocenters. The monoisotopic (exact) mass is 359 g/mol. The molecule has 3 aromatic rings. The molecule has 0 saturated heterocycles. The molecular formula is C17H18N3O4P. The highest BCUT2D eigenvalue weighted by Gasteiger charge is 2.36. The van der Waals surface area contributed by atoms with Crippen molar-refractivity contribution in [2.75, 3.05) is 7.11 Å². The number of hydrogen-bond donors (Lipinski definition) is 2. The van der Waals surface area contributed by atoms with E-state index in [1.165, 1.54) is 7.11 Å². The molecule has 0 saturated carbocycles. The van der Waals surface area contributed by atoms with Crippen LogP contribution in [-0.2, 0) is 16.3 Å². The first kappa shape index (κ1) is 17.5. The highest BCUT2D eigenvalue weighted by Crippen LogP contribution is 2.52. The lowest BCUT2D eigenvalue weighted by molar-refractivity contribution is 0.129. The van der Waals surface area contributed by atoms with E-state index in [4.69, 9.17) is 4.74 Å². The standard InChI is InChI=1S/C17H18N3O4P/c1-20-15(13-8-10-18-11-9-13)14(12-6-4-3-5-7-12)19-16(20)17(24-2)25(21,22)23/h3-11,17H,1-2H3,(H2,21,22,23). The quantitative estimate of drug-likeness (QED) is 0.680. The summed E-state index contributed by atoms with van der Waals surface area (Å²) in [4.78, 5) is 27.8. The van der Waals surface area contributed by atoms with E-state index in [0.717, 1.165) is 16.8 Å². The SMILES string of the molecule is COC(c1nc(-c2ccccc2)c(-c2ccncc2)n1C)P(=O)(O)O. The van der Waals surface area contributed by atoms with Crippen molar-refractivity contribution >= 4 is 7.60 Å². The van der Waals surface area contributed by atoms with Crippen molar-refractivity contribution in [3.05, 3.63) is 60.7 Å². The van der Waals surface area contributed by atoms with Crippen LogP contribution in [0, 0.1) is 0 Å². The first-order valence-corrected chi connectivity index (χ1v) is 9.22. The van der Waals surface area contributed by atoms with Gasteiger partial charge in [-0.05, 0) is 12.1 Å². The van der Waals surface area contributed by atoms with Crippen molar-refractivity contribution in [1.82, 2.24) is 14.5 Å². The summed E-state index contributed by atoms with van der Waals surface area (Å²) in [6.45, 7) is 0. The van der Waals surface area contributed by atoms with E-state index < -0.39 is 13.4 Å². The van der Waals surface area contributed by atoms with Crippen LogP contribution in [0.5, 0.6) is 0 Å². The third-order valence-electron chi connectivity index (χ3n) is 3.88. The molecular weight excluding hydrogens is 341 g/mol. The number of hydrogen-bond acceptors (Lipinski definition) is 4. The predicted molar refractivity (Wildman–Crippen MR) is 93.7 cm³/mol. The second-order valence-corrected chi connectivity index (χ2v) is 7.15. The number of ether oxygens (including phenoxy) is 1. The van der Waals surface area contributed by atoms with Crippen LogP contribution in [0.2, 0.25) is 0 Å². The third-order valence-corrected chi connectivity index (χ3v) is 4.93. The Labute approximate surface area is 145 Å². The Kier molecular flexibility index (Phi) is 4.83. The van der Waals surface area contributed by atoms with Crippen LogP contribution in [0.3, 0.4) is 0 Å². The van der Waals surface area contributed by atoms with Gasteiger partial charge in [-0.1, -0.05) is 30.3 Å². The summed E-state index contributed by atoms with van der Waals surface area (Å²) < 4.78 is 18.5. The summed E-state index contributed by atoms with van der Waals surface area (Å²) in [7, 11) is -1.56. The van der Waals surface area contributed by atoms with Crippen molar-refractivity contribution < 1.29 is 19.1 Å². The molecule has 25 heavy (non-hydrogen) atoms. The highest BCUT2D eigenvalue weighted by molar-refractivity contribution is 7.51. The number of pyridine rings is 1. The van der Waals surface area contributed by atoms with Gasteiger partial charge >= 0.3 is 7.60 Å². The maximum absolute atomic E-state index is 11.8. The Morgan fingerprint density at radius 3 is 2.28 bits per heavy atom. The number of imidazole rings is 1. The minimum Gasteiger partial charge on any atom is -0.362 e. The van der Waals surface area contributed by atoms with E-state index in [1.807, 2.05) is 42.5 Å². The van der Waals surface area contributed by atoms with Gasteiger partial charge in [-0.2, -0.15) is 0 Å². The fraction of sp³-hybridized carbons (Fsp3) is 0.176. The first-order chi connectivity index (χ1) is 11.9. The Bertz CT molecular complexity index is 906. The zero-order chi connectivity index (χ0) is 18.0. The molecule has 0 fully saturated rings. The fourth-order valence-corrected chi connectivity index (χ4v) is 3.57. The predicted octanol–water partition coefficient (Wildman–Crippen LogP) is 2.97. The number of benzene rings is 1. The van der Waals surface area contributed by atoms with Crippen LogP contribution in [0.25, 0.3) is 22.5 Å². The van der Waals surface area contributed by atoms with Gasteiger partial charge in [0.05, 0.1) is 11.4 Å². The van der Waals surface area contributed by atoms with Crippen molar-refractivity contribution in [3.8, 4) is 22.5 Å². The summed E-state index contributed by atoms with van der Waals surface area (Å²) in [5, 5.41) is 0. The van der Waals surface area contributed by atoms with Crippen LogP contribution in [0.1, 0.15) is 11.7 Å². The smallest absolute Gasteiger partial charge is 0.361 e. The Balaban J connectivity index is 2.27. The van der Waals surface area contributed by atoms with E-state index in [-0.39, 0.29) is 5.82 Å². The lowest BCUT2D eigenvalue weighted by Crippen LogP contribution is -2.09. The van der Waals surface area contributed by atoms with Crippen LogP contribution < -0.4 is 0 Å². The fourth-order valence-electron chi connectivity index (χ4n) is 2.77. The highest BCUT2D eigenvalue weighted by atomic mass is 31.2. The van der Waals surface area contributed by atoms with Gasteiger partial charge in [-0.15, -0.1) is 0 Å². The minimum atomic E-state index is -4.53. The molecule has 130 valence electrons. The second kappa shape index (κ2) is 6.90. The second-order valence-electron chi connectivity index (χ2n) is 5.51. The molecule has 0 amide bonds. The molecule has 2 N–H and O–H groups in total. The maximum atomic E-state index is 11.8. The number of nitrogens with zero attached hydrogens (tertiary/aromatic N) is 3. The lowest BCUT2D eigenvalue weighted by atomic mass is 10.1. The van der Waals surface area contributed by atoms with Crippen LogP contribution in [0.4, 0.5) is 0 Å². The average molecular weight is 359 g/mol. The Morgan fingerprint density at radius 2 is 1.72 bits per heavy atom. The summed E-state index contributed by atoms with van der Waals surface area (Å²) >= 11 is 0. The third kappa shape index (κ3) is 3.41. The van der Waals surface area contributed by atoms with Crippen LogP contribution in [-0.4, -0.2) is 31.4 Å². The van der Waals surface area contributed by atoms with E-state index in [1.54, 1.807) is 24.0 Å². The molecule has 8 heteroatoms. The maximum Gasteiger partial charge on any atom is 0.361 e. The molecule has 7 nitrogen and oxygen atoms in total. The van der Waals surface area contributed by atoms with Gasteiger partial charge in [0.25, 0.3) is 0 Å². The normalized spacial score (nSPS) is 13.0. The summed E-state index contributed by atoms with van der Waals surface area (Å²) in [6.07, 6.45) is 3.32. The molecule has 0 spiro atoms. The number of aromatic nitrogens is 3. The molecule has 0 aliphatic rings. The molecule has 0 radical (unpaired) electrons. The van der Waals surface area contributed by atoms with Crippen molar-refractivity contribution in [2.45, 2.75) is 5.85 Å². The molecule has 1 unspecified atom stereocenters. The van der Waals surface area contributed by atoms with E-state index >= 15 is 0 Å². The molecule has 0 aliphatic carbocycles. The Hall–Kier alpha value is -2.31. The van der Waals surface area contributed by atoms with Gasteiger partial charge in [0, 0.05) is 37.7 Å². The van der Waals surface area contributed by atoms with Gasteiger partial charge in [0.1, 0.15) is 0 Å². The van der Waals surface area contributed by atoms with Gasteiger partial charge in [0.15, 0.2) is 5.82 Å². The van der Waals surface area contributed by atoms with E-state index in [0.29, 0.717) is 5.69 Å². The minimum absolute atomic E-state index is 0.168. The van der Waals surface area contributed by atoms with Gasteiger partial charge in [0.2, 0.25) is 5.85 Å². The van der Waals surface area contributed by atoms with Crippen LogP contribution in [0.15, 0.2) is 54.9 Å². The van der Waals surface area contributed by atoms with Gasteiger partial charge in [-0.25, -0.2) is 4.98 Å². The molecule has 0 bridgehead atoms. The van der Waals surface area contributed by atoms with Crippen molar-refractivity contribution in [1.29, 1.82) is 0 Å².